The SMILES string of the molecule is O=C(Nc1ncccc1OCc1ccncc1)C1CCN(S(=O)(=O)/C=C/c2ccccc2)CC1. The summed E-state index contributed by atoms with van der Waals surface area (Å²) in [5.41, 5.74) is 1.77. The molecule has 176 valence electrons. The van der Waals surface area contributed by atoms with Gasteiger partial charge < -0.3 is 10.1 Å². The van der Waals surface area contributed by atoms with Crippen LogP contribution in [0.2, 0.25) is 0 Å². The Morgan fingerprint density at radius 3 is 2.50 bits per heavy atom. The summed E-state index contributed by atoms with van der Waals surface area (Å²) in [4.78, 5) is 21.1. The normalized spacial score (nSPS) is 15.3. The number of hydrogen-bond donors (Lipinski definition) is 1. The monoisotopic (exact) mass is 478 g/mol. The van der Waals surface area contributed by atoms with Crippen molar-refractivity contribution in [2.24, 2.45) is 5.92 Å². The van der Waals surface area contributed by atoms with E-state index in [0.717, 1.165) is 11.1 Å². The number of ether oxygens (including phenoxy) is 1. The molecule has 1 aliphatic heterocycles. The van der Waals surface area contributed by atoms with Gasteiger partial charge in [-0.15, -0.1) is 0 Å². The number of nitrogens with zero attached hydrogens (tertiary/aromatic N) is 3. The predicted molar refractivity (Wildman–Crippen MR) is 130 cm³/mol. The number of hydrogen-bond acceptors (Lipinski definition) is 6. The van der Waals surface area contributed by atoms with Crippen molar-refractivity contribution in [3.8, 4) is 5.75 Å². The zero-order valence-corrected chi connectivity index (χ0v) is 19.4. The third kappa shape index (κ3) is 6.27. The molecular formula is C25H26N4O4S. The number of anilines is 1. The van der Waals surface area contributed by atoms with Gasteiger partial charge in [0.05, 0.1) is 0 Å². The zero-order chi connectivity index (χ0) is 23.8. The minimum atomic E-state index is -3.55. The Morgan fingerprint density at radius 2 is 1.76 bits per heavy atom. The molecule has 0 saturated carbocycles. The van der Waals surface area contributed by atoms with Crippen molar-refractivity contribution < 1.29 is 17.9 Å². The molecule has 0 atom stereocenters. The van der Waals surface area contributed by atoms with E-state index in [2.05, 4.69) is 15.3 Å². The van der Waals surface area contributed by atoms with Crippen LogP contribution in [0.15, 0.2) is 78.6 Å². The summed E-state index contributed by atoms with van der Waals surface area (Å²) < 4.78 is 32.6. The van der Waals surface area contributed by atoms with Crippen molar-refractivity contribution in [3.05, 3.63) is 89.7 Å². The fourth-order valence-corrected chi connectivity index (χ4v) is 4.87. The second-order valence-electron chi connectivity index (χ2n) is 7.92. The van der Waals surface area contributed by atoms with Crippen LogP contribution in [-0.4, -0.2) is 41.7 Å². The fourth-order valence-electron chi connectivity index (χ4n) is 3.65. The Morgan fingerprint density at radius 1 is 1.03 bits per heavy atom. The van der Waals surface area contributed by atoms with Gasteiger partial charge in [-0.25, -0.2) is 13.4 Å². The number of amides is 1. The Kier molecular flexibility index (Phi) is 7.66. The molecule has 2 aromatic heterocycles. The van der Waals surface area contributed by atoms with Gasteiger partial charge in [0.1, 0.15) is 6.61 Å². The molecule has 1 N–H and O–H groups in total. The smallest absolute Gasteiger partial charge is 0.236 e. The minimum Gasteiger partial charge on any atom is -0.485 e. The third-order valence-electron chi connectivity index (χ3n) is 5.57. The van der Waals surface area contributed by atoms with Crippen LogP contribution in [0.1, 0.15) is 24.0 Å². The molecule has 4 rings (SSSR count). The number of carbonyl (C=O) groups is 1. The van der Waals surface area contributed by atoms with Gasteiger partial charge in [-0.1, -0.05) is 30.3 Å². The maximum absolute atomic E-state index is 12.9. The minimum absolute atomic E-state index is 0.190. The summed E-state index contributed by atoms with van der Waals surface area (Å²) in [5, 5.41) is 4.07. The van der Waals surface area contributed by atoms with Crippen LogP contribution in [0.4, 0.5) is 5.82 Å². The topological polar surface area (TPSA) is 101 Å². The van der Waals surface area contributed by atoms with Gasteiger partial charge in [0, 0.05) is 43.0 Å². The van der Waals surface area contributed by atoms with Gasteiger partial charge >= 0.3 is 0 Å². The van der Waals surface area contributed by atoms with E-state index in [9.17, 15) is 13.2 Å². The van der Waals surface area contributed by atoms with Crippen LogP contribution in [-0.2, 0) is 21.4 Å². The fraction of sp³-hybridized carbons (Fsp3) is 0.240. The first kappa shape index (κ1) is 23.6. The van der Waals surface area contributed by atoms with Gasteiger partial charge in [-0.3, -0.25) is 9.78 Å². The Labute approximate surface area is 199 Å². The molecule has 0 unspecified atom stereocenters. The van der Waals surface area contributed by atoms with Crippen molar-refractivity contribution in [2.75, 3.05) is 18.4 Å². The van der Waals surface area contributed by atoms with Gasteiger partial charge in [0.25, 0.3) is 0 Å². The van der Waals surface area contributed by atoms with E-state index < -0.39 is 10.0 Å². The lowest BCUT2D eigenvalue weighted by molar-refractivity contribution is -0.120. The first-order chi connectivity index (χ1) is 16.5. The Balaban J connectivity index is 1.32. The molecule has 0 radical (unpaired) electrons. The van der Waals surface area contributed by atoms with Gasteiger partial charge in [-0.05, 0) is 54.3 Å². The highest BCUT2D eigenvalue weighted by Crippen LogP contribution is 2.26. The standard InChI is InChI=1S/C25H26N4O4S/c30-25(28-24-23(7-4-13-27-24)33-19-21-8-14-26-15-9-21)22-10-16-29(17-11-22)34(31,32)18-12-20-5-2-1-3-6-20/h1-9,12-15,18,22H,10-11,16-17,19H2,(H,27,28,30)/b18-12+. The van der Waals surface area contributed by atoms with Gasteiger partial charge in [0.15, 0.2) is 11.6 Å². The summed E-state index contributed by atoms with van der Waals surface area (Å²) in [6, 6.07) is 16.5. The van der Waals surface area contributed by atoms with Crippen LogP contribution < -0.4 is 10.1 Å². The summed E-state index contributed by atoms with van der Waals surface area (Å²) in [7, 11) is -3.55. The number of carbonyl (C=O) groups excluding carboxylic acids is 1. The number of benzene rings is 1. The molecule has 0 aliphatic carbocycles. The highest BCUT2D eigenvalue weighted by molar-refractivity contribution is 7.92. The summed E-state index contributed by atoms with van der Waals surface area (Å²) >= 11 is 0. The molecule has 1 aliphatic rings. The van der Waals surface area contributed by atoms with E-state index >= 15 is 0 Å². The summed E-state index contributed by atoms with van der Waals surface area (Å²) in [6.45, 7) is 0.893. The van der Waals surface area contributed by atoms with Crippen LogP contribution in [0, 0.1) is 5.92 Å². The molecule has 8 nitrogen and oxygen atoms in total. The number of rotatable bonds is 8. The molecule has 0 bridgehead atoms. The zero-order valence-electron chi connectivity index (χ0n) is 18.6. The number of sulfonamides is 1. The molecule has 0 spiro atoms. The maximum Gasteiger partial charge on any atom is 0.236 e. The van der Waals surface area contributed by atoms with Crippen LogP contribution in [0.5, 0.6) is 5.75 Å². The first-order valence-electron chi connectivity index (χ1n) is 11.0. The van der Waals surface area contributed by atoms with Gasteiger partial charge in [0.2, 0.25) is 15.9 Å². The molecule has 3 aromatic rings. The van der Waals surface area contributed by atoms with E-state index in [0.29, 0.717) is 31.0 Å². The Bertz CT molecular complexity index is 1230. The molecule has 34 heavy (non-hydrogen) atoms. The van der Waals surface area contributed by atoms with Gasteiger partial charge in [-0.2, -0.15) is 4.31 Å². The average molecular weight is 479 g/mol. The van der Waals surface area contributed by atoms with Crippen LogP contribution in [0.3, 0.4) is 0 Å². The van der Waals surface area contributed by atoms with Crippen molar-refractivity contribution >= 4 is 27.8 Å². The highest BCUT2D eigenvalue weighted by Gasteiger charge is 2.30. The average Bonchev–Trinajstić information content (AvgIpc) is 2.88. The molecule has 1 amide bonds. The molecule has 9 heteroatoms. The lowest BCUT2D eigenvalue weighted by Crippen LogP contribution is -2.40. The highest BCUT2D eigenvalue weighted by atomic mass is 32.2. The van der Waals surface area contributed by atoms with Crippen molar-refractivity contribution in [1.29, 1.82) is 0 Å². The summed E-state index contributed by atoms with van der Waals surface area (Å²) in [6.07, 6.45) is 7.42. The van der Waals surface area contributed by atoms with Crippen molar-refractivity contribution in [3.63, 3.8) is 0 Å². The van der Waals surface area contributed by atoms with Crippen LogP contribution >= 0.6 is 0 Å². The Hall–Kier alpha value is -3.56. The first-order valence-corrected chi connectivity index (χ1v) is 12.5. The van der Waals surface area contributed by atoms with E-state index in [4.69, 9.17) is 4.74 Å². The largest absolute Gasteiger partial charge is 0.485 e. The second-order valence-corrected chi connectivity index (χ2v) is 9.73. The van der Waals surface area contributed by atoms with Crippen molar-refractivity contribution in [1.82, 2.24) is 14.3 Å². The molecular weight excluding hydrogens is 452 g/mol. The molecule has 3 heterocycles. The van der Waals surface area contributed by atoms with E-state index in [1.165, 1.54) is 9.71 Å². The quantitative estimate of drug-likeness (QED) is 0.530. The maximum atomic E-state index is 12.9. The van der Waals surface area contributed by atoms with Crippen molar-refractivity contribution in [2.45, 2.75) is 19.4 Å². The lowest BCUT2D eigenvalue weighted by atomic mass is 9.97. The lowest BCUT2D eigenvalue weighted by Gasteiger charge is -2.29. The molecule has 1 aromatic carbocycles. The van der Waals surface area contributed by atoms with E-state index in [1.54, 1.807) is 36.8 Å². The molecule has 1 saturated heterocycles. The number of piperidine rings is 1. The molecule has 1 fully saturated rings. The number of nitrogens with one attached hydrogen (secondary N) is 1. The number of pyridine rings is 2. The third-order valence-corrected chi connectivity index (χ3v) is 7.14. The van der Waals surface area contributed by atoms with Crippen LogP contribution in [0.25, 0.3) is 6.08 Å². The predicted octanol–water partition coefficient (Wildman–Crippen LogP) is 3.71. The van der Waals surface area contributed by atoms with E-state index in [-0.39, 0.29) is 24.9 Å². The van der Waals surface area contributed by atoms with E-state index in [1.807, 2.05) is 42.5 Å². The second kappa shape index (κ2) is 11.0. The summed E-state index contributed by atoms with van der Waals surface area (Å²) in [5.74, 6) is 0.324. The number of aromatic nitrogens is 2.